The third kappa shape index (κ3) is 2.75. The normalized spacial score (nSPS) is 22.6. The molecule has 0 saturated heterocycles. The van der Waals surface area contributed by atoms with E-state index in [1.54, 1.807) is 0 Å². The van der Waals surface area contributed by atoms with E-state index in [-0.39, 0.29) is 0 Å². The summed E-state index contributed by atoms with van der Waals surface area (Å²) in [5.74, 6) is 6.81. The van der Waals surface area contributed by atoms with E-state index in [1.165, 1.54) is 32.0 Å². The van der Waals surface area contributed by atoms with Gasteiger partial charge >= 0.3 is 0 Å². The van der Waals surface area contributed by atoms with E-state index in [0.717, 1.165) is 10.3 Å². The van der Waals surface area contributed by atoms with Gasteiger partial charge in [0.1, 0.15) is 16.6 Å². The van der Waals surface area contributed by atoms with Gasteiger partial charge in [-0.15, -0.1) is 0 Å². The maximum absolute atomic E-state index is 5.41. The maximum Gasteiger partial charge on any atom is 0.159 e. The van der Waals surface area contributed by atoms with Gasteiger partial charge in [-0.1, -0.05) is 26.7 Å². The summed E-state index contributed by atoms with van der Waals surface area (Å²) in [6.07, 6.45) is 6.51. The van der Waals surface area contributed by atoms with Gasteiger partial charge in [0.2, 0.25) is 0 Å². The fourth-order valence-corrected chi connectivity index (χ4v) is 2.93. The van der Waals surface area contributed by atoms with Crippen LogP contribution < -0.4 is 16.6 Å². The fraction of sp³-hybridized carbons (Fsp3) is 0.667. The molecule has 0 spiro atoms. The Balaban J connectivity index is 2.18. The van der Waals surface area contributed by atoms with Crippen LogP contribution in [0.1, 0.15) is 39.5 Å². The molecule has 5 nitrogen and oxygen atoms in total. The van der Waals surface area contributed by atoms with Crippen LogP contribution in [0.15, 0.2) is 10.8 Å². The van der Waals surface area contributed by atoms with E-state index in [9.17, 15) is 0 Å². The van der Waals surface area contributed by atoms with Gasteiger partial charge in [-0.05, 0) is 34.2 Å². The van der Waals surface area contributed by atoms with Crippen molar-refractivity contribution < 1.29 is 0 Å². The molecule has 2 rings (SSSR count). The van der Waals surface area contributed by atoms with Crippen LogP contribution in [0, 0.1) is 5.41 Å². The second-order valence-corrected chi connectivity index (χ2v) is 6.25. The highest BCUT2D eigenvalue weighted by molar-refractivity contribution is 9.10. The van der Waals surface area contributed by atoms with E-state index in [1.807, 2.05) is 0 Å². The first kappa shape index (κ1) is 13.5. The lowest BCUT2D eigenvalue weighted by molar-refractivity contribution is 0.216. The van der Waals surface area contributed by atoms with E-state index < -0.39 is 0 Å². The largest absolute Gasteiger partial charge is 0.366 e. The number of anilines is 2. The lowest BCUT2D eigenvalue weighted by Crippen LogP contribution is -2.39. The summed E-state index contributed by atoms with van der Waals surface area (Å²) in [5.41, 5.74) is 2.85. The van der Waals surface area contributed by atoms with Gasteiger partial charge in [-0.25, -0.2) is 15.8 Å². The van der Waals surface area contributed by atoms with Gasteiger partial charge in [-0.2, -0.15) is 0 Å². The van der Waals surface area contributed by atoms with Crippen LogP contribution in [-0.4, -0.2) is 16.0 Å². The topological polar surface area (TPSA) is 75.9 Å². The Hall–Kier alpha value is -0.880. The van der Waals surface area contributed by atoms with Gasteiger partial charge in [-0.3, -0.25) is 0 Å². The Labute approximate surface area is 116 Å². The molecule has 100 valence electrons. The summed E-state index contributed by atoms with van der Waals surface area (Å²) in [6.45, 7) is 4.61. The zero-order chi connectivity index (χ0) is 13.2. The summed E-state index contributed by atoms with van der Waals surface area (Å²) in [5, 5.41) is 3.52. The molecule has 1 fully saturated rings. The number of nitrogens with zero attached hydrogens (tertiary/aromatic N) is 2. The molecule has 0 bridgehead atoms. The molecule has 1 unspecified atom stereocenters. The molecule has 1 saturated carbocycles. The lowest BCUT2D eigenvalue weighted by Gasteiger charge is -2.39. The first-order valence-corrected chi connectivity index (χ1v) is 7.07. The molecule has 1 aromatic rings. The standard InChI is InChI=1S/C12H20BrN5/c1-12(2)6-4-3-5-8(12)17-10-9(13)11(18-14)16-7-15-10/h7-8H,3-6,14H2,1-2H3,(H2,15,16,17,18). The molecule has 1 aliphatic rings. The third-order valence-electron chi connectivity index (χ3n) is 3.74. The number of halogens is 1. The predicted octanol–water partition coefficient (Wildman–Crippen LogP) is 2.91. The van der Waals surface area contributed by atoms with E-state index in [4.69, 9.17) is 5.84 Å². The summed E-state index contributed by atoms with van der Waals surface area (Å²) in [4.78, 5) is 8.33. The zero-order valence-corrected chi connectivity index (χ0v) is 12.4. The van der Waals surface area contributed by atoms with Crippen LogP contribution in [0.25, 0.3) is 0 Å². The number of nitrogens with two attached hydrogens (primary N) is 1. The highest BCUT2D eigenvalue weighted by Crippen LogP contribution is 2.38. The summed E-state index contributed by atoms with van der Waals surface area (Å²) in [7, 11) is 0. The number of hydrazine groups is 1. The van der Waals surface area contributed by atoms with Gasteiger partial charge < -0.3 is 10.7 Å². The molecule has 1 heterocycles. The van der Waals surface area contributed by atoms with E-state index in [0.29, 0.717) is 17.3 Å². The first-order valence-electron chi connectivity index (χ1n) is 6.28. The van der Waals surface area contributed by atoms with Gasteiger partial charge in [0.05, 0.1) is 0 Å². The first-order chi connectivity index (χ1) is 8.54. The van der Waals surface area contributed by atoms with Crippen molar-refractivity contribution in [1.29, 1.82) is 0 Å². The van der Waals surface area contributed by atoms with Crippen molar-refractivity contribution >= 4 is 27.6 Å². The molecule has 18 heavy (non-hydrogen) atoms. The zero-order valence-electron chi connectivity index (χ0n) is 10.8. The lowest BCUT2D eigenvalue weighted by atomic mass is 9.73. The van der Waals surface area contributed by atoms with Crippen LogP contribution >= 0.6 is 15.9 Å². The smallest absolute Gasteiger partial charge is 0.159 e. The number of aromatic nitrogens is 2. The molecular formula is C12H20BrN5. The minimum absolute atomic E-state index is 0.291. The molecule has 0 aliphatic heterocycles. The average Bonchev–Trinajstić information content (AvgIpc) is 2.34. The van der Waals surface area contributed by atoms with Crippen LogP contribution in [0.4, 0.5) is 11.6 Å². The predicted molar refractivity (Wildman–Crippen MR) is 77.2 cm³/mol. The number of hydrogen-bond acceptors (Lipinski definition) is 5. The summed E-state index contributed by atoms with van der Waals surface area (Å²) in [6, 6.07) is 0.433. The van der Waals surface area contributed by atoms with Crippen molar-refractivity contribution in [3.63, 3.8) is 0 Å². The van der Waals surface area contributed by atoms with Gasteiger partial charge in [0.15, 0.2) is 5.82 Å². The van der Waals surface area contributed by atoms with Crippen LogP contribution in [0.5, 0.6) is 0 Å². The Bertz CT molecular complexity index is 421. The van der Waals surface area contributed by atoms with E-state index in [2.05, 4.69) is 50.5 Å². The minimum Gasteiger partial charge on any atom is -0.366 e. The average molecular weight is 314 g/mol. The van der Waals surface area contributed by atoms with E-state index >= 15 is 0 Å². The Morgan fingerprint density at radius 1 is 1.33 bits per heavy atom. The second-order valence-electron chi connectivity index (χ2n) is 5.46. The molecule has 6 heteroatoms. The SMILES string of the molecule is CC1(C)CCCCC1Nc1ncnc(NN)c1Br. The highest BCUT2D eigenvalue weighted by atomic mass is 79.9. The third-order valence-corrected chi connectivity index (χ3v) is 4.50. The van der Waals surface area contributed by atoms with Crippen molar-refractivity contribution in [1.82, 2.24) is 9.97 Å². The Kier molecular flexibility index (Phi) is 4.07. The van der Waals surface area contributed by atoms with Crippen molar-refractivity contribution in [3.8, 4) is 0 Å². The maximum atomic E-state index is 5.41. The number of rotatable bonds is 3. The van der Waals surface area contributed by atoms with Crippen molar-refractivity contribution in [3.05, 3.63) is 10.8 Å². The molecule has 4 N–H and O–H groups in total. The summed E-state index contributed by atoms with van der Waals surface area (Å²) >= 11 is 3.48. The molecular weight excluding hydrogens is 294 g/mol. The summed E-state index contributed by atoms with van der Waals surface area (Å²) < 4.78 is 0.786. The second kappa shape index (κ2) is 5.40. The Morgan fingerprint density at radius 3 is 2.72 bits per heavy atom. The van der Waals surface area contributed by atoms with Crippen molar-refractivity contribution in [2.75, 3.05) is 10.7 Å². The van der Waals surface area contributed by atoms with Crippen LogP contribution in [-0.2, 0) is 0 Å². The number of nitrogens with one attached hydrogen (secondary N) is 2. The Morgan fingerprint density at radius 2 is 2.06 bits per heavy atom. The van der Waals surface area contributed by atoms with Crippen molar-refractivity contribution in [2.24, 2.45) is 11.3 Å². The van der Waals surface area contributed by atoms with Crippen LogP contribution in [0.3, 0.4) is 0 Å². The molecule has 1 atom stereocenters. The van der Waals surface area contributed by atoms with Gasteiger partial charge in [0, 0.05) is 6.04 Å². The van der Waals surface area contributed by atoms with Gasteiger partial charge in [0.25, 0.3) is 0 Å². The number of nitrogen functional groups attached to an aromatic ring is 1. The molecule has 1 aliphatic carbocycles. The van der Waals surface area contributed by atoms with Crippen molar-refractivity contribution in [2.45, 2.75) is 45.6 Å². The molecule has 1 aromatic heterocycles. The quantitative estimate of drug-likeness (QED) is 0.591. The number of hydrogen-bond donors (Lipinski definition) is 3. The minimum atomic E-state index is 0.291. The van der Waals surface area contributed by atoms with Crippen LogP contribution in [0.2, 0.25) is 0 Å². The highest BCUT2D eigenvalue weighted by Gasteiger charge is 2.32. The molecule has 0 radical (unpaired) electrons. The fourth-order valence-electron chi connectivity index (χ4n) is 2.50. The molecule has 0 aromatic carbocycles. The molecule has 0 amide bonds. The monoisotopic (exact) mass is 313 g/mol.